The maximum Gasteiger partial charge on any atom is 0.337 e. The fourth-order valence-corrected chi connectivity index (χ4v) is 5.60. The summed E-state index contributed by atoms with van der Waals surface area (Å²) >= 11 is 0. The SMILES string of the molecule is COC(=O)[C@H]1C(=O)C2=C(C[C@@H]1C)NC(C)=C(C(=O)OC1CCCC1)[C@H]2c1ccc2c(c1)OCO2. The molecule has 5 rings (SSSR count). The summed E-state index contributed by atoms with van der Waals surface area (Å²) in [5, 5.41) is 3.29. The third-order valence-electron chi connectivity index (χ3n) is 7.27. The lowest BCUT2D eigenvalue weighted by Crippen LogP contribution is -2.43. The molecule has 1 N–H and O–H groups in total. The molecule has 3 atom stereocenters. The van der Waals surface area contributed by atoms with Crippen LogP contribution >= 0.6 is 0 Å². The summed E-state index contributed by atoms with van der Waals surface area (Å²) in [6.45, 7) is 3.81. The van der Waals surface area contributed by atoms with Crippen molar-refractivity contribution in [2.75, 3.05) is 13.9 Å². The third-order valence-corrected chi connectivity index (χ3v) is 7.27. The highest BCUT2D eigenvalue weighted by atomic mass is 16.7. The van der Waals surface area contributed by atoms with Crippen molar-refractivity contribution in [2.24, 2.45) is 11.8 Å². The number of fused-ring (bicyclic) bond motifs is 1. The summed E-state index contributed by atoms with van der Waals surface area (Å²) in [5.41, 5.74) is 2.89. The number of dihydropyridines is 1. The van der Waals surface area contributed by atoms with Crippen LogP contribution in [0.5, 0.6) is 11.5 Å². The molecule has 2 heterocycles. The van der Waals surface area contributed by atoms with Crippen LogP contribution in [0.2, 0.25) is 0 Å². The molecular weight excluding hydrogens is 438 g/mol. The molecule has 0 spiro atoms. The molecule has 2 aliphatic carbocycles. The fraction of sp³-hybridized carbons (Fsp3) is 0.500. The van der Waals surface area contributed by atoms with E-state index < -0.39 is 23.8 Å². The van der Waals surface area contributed by atoms with Gasteiger partial charge in [0.15, 0.2) is 17.3 Å². The largest absolute Gasteiger partial charge is 0.468 e. The maximum atomic E-state index is 13.8. The number of benzene rings is 1. The van der Waals surface area contributed by atoms with Crippen LogP contribution in [0.4, 0.5) is 0 Å². The number of nitrogens with one attached hydrogen (secondary N) is 1. The first-order valence-corrected chi connectivity index (χ1v) is 11.8. The number of carbonyl (C=O) groups excluding carboxylic acids is 3. The Morgan fingerprint density at radius 1 is 1.12 bits per heavy atom. The highest BCUT2D eigenvalue weighted by molar-refractivity contribution is 6.12. The van der Waals surface area contributed by atoms with Gasteiger partial charge in [0.05, 0.1) is 12.7 Å². The van der Waals surface area contributed by atoms with E-state index in [-0.39, 0.29) is 24.6 Å². The van der Waals surface area contributed by atoms with Crippen LogP contribution in [0.1, 0.15) is 57.4 Å². The van der Waals surface area contributed by atoms with Gasteiger partial charge in [0.1, 0.15) is 12.0 Å². The molecule has 2 aliphatic heterocycles. The van der Waals surface area contributed by atoms with Crippen LogP contribution in [-0.4, -0.2) is 37.7 Å². The van der Waals surface area contributed by atoms with Crippen molar-refractivity contribution < 1.29 is 33.3 Å². The van der Waals surface area contributed by atoms with E-state index in [2.05, 4.69) is 5.32 Å². The van der Waals surface area contributed by atoms with E-state index >= 15 is 0 Å². The number of esters is 2. The van der Waals surface area contributed by atoms with Crippen molar-refractivity contribution in [2.45, 2.75) is 58.0 Å². The van der Waals surface area contributed by atoms with Crippen molar-refractivity contribution in [3.8, 4) is 11.5 Å². The number of carbonyl (C=O) groups is 3. The number of ether oxygens (including phenoxy) is 4. The molecule has 34 heavy (non-hydrogen) atoms. The topological polar surface area (TPSA) is 100 Å². The van der Waals surface area contributed by atoms with E-state index in [1.165, 1.54) is 7.11 Å². The van der Waals surface area contributed by atoms with Gasteiger partial charge in [0.2, 0.25) is 6.79 Å². The van der Waals surface area contributed by atoms with Crippen LogP contribution < -0.4 is 14.8 Å². The average Bonchev–Trinajstić information content (AvgIpc) is 3.49. The molecule has 4 aliphatic rings. The predicted octanol–water partition coefficient (Wildman–Crippen LogP) is 3.51. The van der Waals surface area contributed by atoms with Gasteiger partial charge in [-0.1, -0.05) is 13.0 Å². The number of methoxy groups -OCH3 is 1. The molecule has 1 saturated carbocycles. The minimum absolute atomic E-state index is 0.116. The molecule has 8 heteroatoms. The molecule has 0 amide bonds. The van der Waals surface area contributed by atoms with Crippen molar-refractivity contribution in [1.29, 1.82) is 0 Å². The second-order valence-electron chi connectivity index (χ2n) is 9.46. The van der Waals surface area contributed by atoms with E-state index in [0.29, 0.717) is 40.3 Å². The molecule has 1 fully saturated rings. The molecule has 0 unspecified atom stereocenters. The highest BCUT2D eigenvalue weighted by Crippen LogP contribution is 2.47. The quantitative estimate of drug-likeness (QED) is 0.530. The zero-order chi connectivity index (χ0) is 24.0. The smallest absolute Gasteiger partial charge is 0.337 e. The number of allylic oxidation sites excluding steroid dienone is 3. The van der Waals surface area contributed by atoms with Crippen LogP contribution in [0.15, 0.2) is 40.7 Å². The number of rotatable bonds is 4. The molecule has 180 valence electrons. The first kappa shape index (κ1) is 22.5. The summed E-state index contributed by atoms with van der Waals surface area (Å²) in [6.07, 6.45) is 4.12. The zero-order valence-electron chi connectivity index (χ0n) is 19.6. The van der Waals surface area contributed by atoms with Crippen molar-refractivity contribution >= 4 is 17.7 Å². The Morgan fingerprint density at radius 3 is 2.59 bits per heavy atom. The van der Waals surface area contributed by atoms with Gasteiger partial charge < -0.3 is 24.3 Å². The minimum atomic E-state index is -0.924. The standard InChI is InChI=1S/C26H29NO7/c1-13-10-17-23(24(28)20(13)25(29)31-3)22(15-8-9-18-19(11-15)33-12-32-18)21(14(2)27-17)26(30)34-16-6-4-5-7-16/h8-9,11,13,16,20,22,27H,4-7,10,12H2,1-3H3/t13-,20+,22+/m0/s1. The van der Waals surface area contributed by atoms with Gasteiger partial charge in [-0.3, -0.25) is 9.59 Å². The predicted molar refractivity (Wildman–Crippen MR) is 121 cm³/mol. The monoisotopic (exact) mass is 467 g/mol. The van der Waals surface area contributed by atoms with Gasteiger partial charge in [-0.05, 0) is 62.6 Å². The van der Waals surface area contributed by atoms with Crippen molar-refractivity contribution in [1.82, 2.24) is 5.32 Å². The number of hydrogen-bond donors (Lipinski definition) is 1. The Morgan fingerprint density at radius 2 is 1.85 bits per heavy atom. The van der Waals surface area contributed by atoms with E-state index in [4.69, 9.17) is 18.9 Å². The molecular formula is C26H29NO7. The lowest BCUT2D eigenvalue weighted by Gasteiger charge is -2.38. The summed E-state index contributed by atoms with van der Waals surface area (Å²) in [6, 6.07) is 5.42. The lowest BCUT2D eigenvalue weighted by molar-refractivity contribution is -0.151. The number of ketones is 1. The highest BCUT2D eigenvalue weighted by Gasteiger charge is 2.47. The van der Waals surface area contributed by atoms with E-state index in [0.717, 1.165) is 31.4 Å². The third kappa shape index (κ3) is 3.75. The first-order chi connectivity index (χ1) is 16.4. The molecule has 1 aromatic carbocycles. The Hall–Kier alpha value is -3.29. The second-order valence-corrected chi connectivity index (χ2v) is 9.46. The van der Waals surface area contributed by atoms with Gasteiger partial charge in [-0.25, -0.2) is 4.79 Å². The molecule has 0 radical (unpaired) electrons. The molecule has 0 bridgehead atoms. The summed E-state index contributed by atoms with van der Waals surface area (Å²) in [5.74, 6) is -2.00. The number of Topliss-reactive ketones (excluding diaryl/α,β-unsaturated/α-hetero) is 1. The first-order valence-electron chi connectivity index (χ1n) is 11.8. The second kappa shape index (κ2) is 8.81. The average molecular weight is 468 g/mol. The van der Waals surface area contributed by atoms with Crippen LogP contribution in [-0.2, 0) is 23.9 Å². The summed E-state index contributed by atoms with van der Waals surface area (Å²) in [4.78, 5) is 39.8. The normalized spacial score (nSPS) is 26.3. The maximum absolute atomic E-state index is 13.8. The van der Waals surface area contributed by atoms with Gasteiger partial charge >= 0.3 is 11.9 Å². The molecule has 0 saturated heterocycles. The van der Waals surface area contributed by atoms with Crippen LogP contribution in [0, 0.1) is 11.8 Å². The zero-order valence-corrected chi connectivity index (χ0v) is 19.6. The van der Waals surface area contributed by atoms with Gasteiger partial charge in [-0.15, -0.1) is 0 Å². The van der Waals surface area contributed by atoms with Crippen molar-refractivity contribution in [3.63, 3.8) is 0 Å². The van der Waals surface area contributed by atoms with E-state index in [1.54, 1.807) is 12.1 Å². The molecule has 1 aromatic rings. The Kier molecular flexibility index (Phi) is 5.83. The summed E-state index contributed by atoms with van der Waals surface area (Å²) < 4.78 is 21.9. The fourth-order valence-electron chi connectivity index (χ4n) is 5.60. The minimum Gasteiger partial charge on any atom is -0.468 e. The van der Waals surface area contributed by atoms with E-state index in [1.807, 2.05) is 19.9 Å². The van der Waals surface area contributed by atoms with Crippen LogP contribution in [0.25, 0.3) is 0 Å². The van der Waals surface area contributed by atoms with Crippen molar-refractivity contribution in [3.05, 3.63) is 46.3 Å². The number of hydrogen-bond acceptors (Lipinski definition) is 8. The van der Waals surface area contributed by atoms with Gasteiger partial charge in [0.25, 0.3) is 0 Å². The van der Waals surface area contributed by atoms with Gasteiger partial charge in [0, 0.05) is 22.9 Å². The lowest BCUT2D eigenvalue weighted by atomic mass is 9.69. The Labute approximate surface area is 198 Å². The van der Waals surface area contributed by atoms with Gasteiger partial charge in [-0.2, -0.15) is 0 Å². The molecule has 8 nitrogen and oxygen atoms in total. The summed E-state index contributed by atoms with van der Waals surface area (Å²) in [7, 11) is 1.29. The van der Waals surface area contributed by atoms with E-state index in [9.17, 15) is 14.4 Å². The molecule has 0 aromatic heterocycles. The van der Waals surface area contributed by atoms with Crippen LogP contribution in [0.3, 0.4) is 0 Å². The Balaban J connectivity index is 1.60. The Bertz CT molecular complexity index is 1110.